The van der Waals surface area contributed by atoms with Gasteiger partial charge < -0.3 is 0 Å². The highest BCUT2D eigenvalue weighted by Gasteiger charge is 2.08. The molecule has 1 aromatic rings. The van der Waals surface area contributed by atoms with Crippen molar-refractivity contribution in [2.45, 2.75) is 4.90 Å². The van der Waals surface area contributed by atoms with Gasteiger partial charge in [-0.3, -0.25) is 0 Å². The molecule has 0 bridgehead atoms. The van der Waals surface area contributed by atoms with Crippen molar-refractivity contribution in [3.63, 3.8) is 0 Å². The third kappa shape index (κ3) is 2.19. The summed E-state index contributed by atoms with van der Waals surface area (Å²) in [6.07, 6.45) is 0. The molecule has 0 fully saturated rings. The van der Waals surface area contributed by atoms with E-state index < -0.39 is 5.37 Å². The molecule has 0 aromatic heterocycles. The van der Waals surface area contributed by atoms with Crippen LogP contribution in [0.25, 0.3) is 0 Å². The fourth-order valence-electron chi connectivity index (χ4n) is 0.578. The van der Waals surface area contributed by atoms with Gasteiger partial charge in [0.1, 0.15) is 0 Å². The molecule has 0 unspecified atom stereocenters. The number of rotatable bonds is 1. The van der Waals surface area contributed by atoms with E-state index in [1.807, 2.05) is 0 Å². The van der Waals surface area contributed by atoms with Gasteiger partial charge in [-0.1, -0.05) is 18.2 Å². The SMILES string of the molecule is FC(F)=[S+]c1ccccc1. The second kappa shape index (κ2) is 3.37. The van der Waals surface area contributed by atoms with Crippen LogP contribution in [-0.2, 0) is 11.4 Å². The maximum atomic E-state index is 11.6. The van der Waals surface area contributed by atoms with Gasteiger partial charge >= 0.3 is 5.37 Å². The molecule has 0 aliphatic rings. The van der Waals surface area contributed by atoms with Gasteiger partial charge in [-0.25, -0.2) is 0 Å². The summed E-state index contributed by atoms with van der Waals surface area (Å²) in [5.74, 6) is 0. The lowest BCUT2D eigenvalue weighted by Crippen LogP contribution is -1.79. The molecule has 0 N–H and O–H groups in total. The van der Waals surface area contributed by atoms with Gasteiger partial charge in [-0.2, -0.15) is 0 Å². The minimum atomic E-state index is -1.62. The summed E-state index contributed by atoms with van der Waals surface area (Å²) >= 11 is 0.482. The Balaban J connectivity index is 2.87. The van der Waals surface area contributed by atoms with E-state index in [1.165, 1.54) is 0 Å². The minimum Gasteiger partial charge on any atom is -0.116 e. The number of benzene rings is 1. The number of hydrogen-bond donors (Lipinski definition) is 0. The second-order valence-electron chi connectivity index (χ2n) is 1.64. The van der Waals surface area contributed by atoms with Crippen LogP contribution in [0.4, 0.5) is 8.78 Å². The summed E-state index contributed by atoms with van der Waals surface area (Å²) in [6, 6.07) is 8.53. The van der Waals surface area contributed by atoms with Gasteiger partial charge in [-0.15, -0.1) is 8.78 Å². The number of halogens is 2. The Bertz CT molecular complexity index is 227. The van der Waals surface area contributed by atoms with Crippen LogP contribution in [0.5, 0.6) is 0 Å². The topological polar surface area (TPSA) is 0 Å². The Morgan fingerprint density at radius 3 is 2.20 bits per heavy atom. The quantitative estimate of drug-likeness (QED) is 0.334. The fourth-order valence-corrected chi connectivity index (χ4v) is 1.05. The van der Waals surface area contributed by atoms with Crippen LogP contribution in [0, 0.1) is 0 Å². The molecular formula is C7H5F2S+. The largest absolute Gasteiger partial charge is 0.544 e. The molecule has 0 amide bonds. The first-order valence-corrected chi connectivity index (χ1v) is 3.51. The Morgan fingerprint density at radius 2 is 1.70 bits per heavy atom. The zero-order valence-corrected chi connectivity index (χ0v) is 5.87. The van der Waals surface area contributed by atoms with Crippen molar-refractivity contribution < 1.29 is 8.78 Å². The summed E-state index contributed by atoms with van der Waals surface area (Å²) in [5, 5.41) is -1.62. The maximum absolute atomic E-state index is 11.6. The van der Waals surface area contributed by atoms with E-state index in [-0.39, 0.29) is 0 Å². The lowest BCUT2D eigenvalue weighted by molar-refractivity contribution is 0.642. The van der Waals surface area contributed by atoms with Crippen LogP contribution in [0.2, 0.25) is 0 Å². The zero-order chi connectivity index (χ0) is 7.40. The summed E-state index contributed by atoms with van der Waals surface area (Å²) in [6.45, 7) is 0. The van der Waals surface area contributed by atoms with Crippen molar-refractivity contribution in [2.24, 2.45) is 0 Å². The predicted molar refractivity (Wildman–Crippen MR) is 39.3 cm³/mol. The average molecular weight is 159 g/mol. The Morgan fingerprint density at radius 1 is 1.10 bits per heavy atom. The third-order valence-corrected chi connectivity index (χ3v) is 1.60. The number of hydrogen-bond acceptors (Lipinski definition) is 0. The molecule has 0 spiro atoms. The minimum absolute atomic E-state index is 0.482. The Labute approximate surface area is 61.5 Å². The van der Waals surface area contributed by atoms with Gasteiger partial charge in [0.25, 0.3) is 11.4 Å². The smallest absolute Gasteiger partial charge is 0.116 e. The van der Waals surface area contributed by atoms with Crippen molar-refractivity contribution >= 4 is 16.7 Å². The average Bonchev–Trinajstić information content (AvgIpc) is 1.88. The highest BCUT2D eigenvalue weighted by atomic mass is 32.1. The van der Waals surface area contributed by atoms with Crippen LogP contribution in [0.1, 0.15) is 0 Å². The predicted octanol–water partition coefficient (Wildman–Crippen LogP) is 2.15. The molecule has 0 atom stereocenters. The van der Waals surface area contributed by atoms with Crippen molar-refractivity contribution in [1.82, 2.24) is 0 Å². The van der Waals surface area contributed by atoms with Gasteiger partial charge in [0.05, 0.1) is 0 Å². The summed E-state index contributed by atoms with van der Waals surface area (Å²) in [4.78, 5) is 0.572. The second-order valence-corrected chi connectivity index (χ2v) is 2.62. The zero-order valence-electron chi connectivity index (χ0n) is 5.05. The van der Waals surface area contributed by atoms with Gasteiger partial charge in [0.15, 0.2) is 0 Å². The summed E-state index contributed by atoms with van der Waals surface area (Å²) in [7, 11) is 0. The van der Waals surface area contributed by atoms with Crippen molar-refractivity contribution in [3.8, 4) is 0 Å². The van der Waals surface area contributed by atoms with E-state index in [2.05, 4.69) is 0 Å². The molecular weight excluding hydrogens is 154 g/mol. The summed E-state index contributed by atoms with van der Waals surface area (Å²) in [5.41, 5.74) is 0. The standard InChI is InChI=1S/C7H5F2S/c8-7(9)10-6-4-2-1-3-5-6/h1-5H/q+1. The molecule has 0 saturated heterocycles. The maximum Gasteiger partial charge on any atom is 0.544 e. The van der Waals surface area contributed by atoms with Crippen molar-refractivity contribution in [1.29, 1.82) is 0 Å². The first-order chi connectivity index (χ1) is 4.79. The van der Waals surface area contributed by atoms with Gasteiger partial charge in [0, 0.05) is 12.1 Å². The van der Waals surface area contributed by atoms with Crippen LogP contribution in [-0.4, -0.2) is 5.37 Å². The molecule has 1 aromatic carbocycles. The molecule has 0 saturated carbocycles. The van der Waals surface area contributed by atoms with E-state index in [9.17, 15) is 8.78 Å². The highest BCUT2D eigenvalue weighted by Crippen LogP contribution is 1.98. The molecule has 0 radical (unpaired) electrons. The first kappa shape index (κ1) is 7.28. The molecule has 52 valence electrons. The normalized spacial score (nSPS) is 9.00. The van der Waals surface area contributed by atoms with Crippen LogP contribution >= 0.6 is 0 Å². The molecule has 10 heavy (non-hydrogen) atoms. The Kier molecular flexibility index (Phi) is 2.45. The highest BCUT2D eigenvalue weighted by molar-refractivity contribution is 7.78. The van der Waals surface area contributed by atoms with Crippen LogP contribution < -0.4 is 0 Å². The molecule has 0 aliphatic heterocycles. The van der Waals surface area contributed by atoms with E-state index >= 15 is 0 Å². The summed E-state index contributed by atoms with van der Waals surface area (Å²) < 4.78 is 23.2. The molecule has 1 rings (SSSR count). The monoisotopic (exact) mass is 159 g/mol. The molecule has 3 heteroatoms. The Hall–Kier alpha value is -0.830. The molecule has 0 aliphatic carbocycles. The van der Waals surface area contributed by atoms with E-state index in [4.69, 9.17) is 0 Å². The van der Waals surface area contributed by atoms with E-state index in [1.54, 1.807) is 30.3 Å². The lowest BCUT2D eigenvalue weighted by Gasteiger charge is -1.74. The van der Waals surface area contributed by atoms with Gasteiger partial charge in [-0.05, 0) is 0 Å². The van der Waals surface area contributed by atoms with Gasteiger partial charge in [0.2, 0.25) is 4.90 Å². The lowest BCUT2D eigenvalue weighted by atomic mass is 10.4. The van der Waals surface area contributed by atoms with Crippen LogP contribution in [0.3, 0.4) is 0 Å². The molecule has 0 heterocycles. The van der Waals surface area contributed by atoms with Crippen molar-refractivity contribution in [2.75, 3.05) is 0 Å². The third-order valence-electron chi connectivity index (χ3n) is 0.938. The van der Waals surface area contributed by atoms with E-state index in [0.29, 0.717) is 16.2 Å². The van der Waals surface area contributed by atoms with Crippen molar-refractivity contribution in [3.05, 3.63) is 30.3 Å². The van der Waals surface area contributed by atoms with Crippen LogP contribution in [0.15, 0.2) is 35.2 Å². The van der Waals surface area contributed by atoms with E-state index in [0.717, 1.165) is 0 Å². The first-order valence-electron chi connectivity index (χ1n) is 2.70. The molecule has 0 nitrogen and oxygen atoms in total. The fraction of sp³-hybridized carbons (Fsp3) is 0.